The Balaban J connectivity index is 2.61. The Morgan fingerprint density at radius 1 is 1.33 bits per heavy atom. The second-order valence-electron chi connectivity index (χ2n) is 4.39. The monoisotopic (exact) mass is 248 g/mol. The van der Waals surface area contributed by atoms with Gasteiger partial charge in [0.05, 0.1) is 7.11 Å². The Hall–Kier alpha value is -2.17. The normalized spacial score (nSPS) is 10.9. The van der Waals surface area contributed by atoms with Crippen LogP contribution >= 0.6 is 0 Å². The molecule has 2 aromatic rings. The number of methoxy groups -OCH3 is 1. The highest BCUT2D eigenvalue weighted by atomic mass is 16.5. The highest BCUT2D eigenvalue weighted by molar-refractivity contribution is 5.72. The summed E-state index contributed by atoms with van der Waals surface area (Å²) in [6, 6.07) is 5.24. The van der Waals surface area contributed by atoms with Crippen LogP contribution in [0.5, 0.6) is 11.5 Å². The number of phenols is 1. The summed E-state index contributed by atoms with van der Waals surface area (Å²) in [4.78, 5) is 0. The molecular weight excluding hydrogens is 232 g/mol. The molecule has 1 aromatic heterocycles. The van der Waals surface area contributed by atoms with E-state index in [1.54, 1.807) is 6.07 Å². The fourth-order valence-electron chi connectivity index (χ4n) is 1.73. The summed E-state index contributed by atoms with van der Waals surface area (Å²) in [5.74, 6) is 0.966. The summed E-state index contributed by atoms with van der Waals surface area (Å²) in [6.45, 7) is 4.12. The van der Waals surface area contributed by atoms with Gasteiger partial charge in [-0.25, -0.2) is 0 Å². The molecule has 5 nitrogen and oxygen atoms in total. The van der Waals surface area contributed by atoms with Crippen molar-refractivity contribution >= 4 is 5.88 Å². The van der Waals surface area contributed by atoms with E-state index in [0.29, 0.717) is 22.9 Å². The van der Waals surface area contributed by atoms with E-state index in [2.05, 4.69) is 19.0 Å². The van der Waals surface area contributed by atoms with E-state index in [0.717, 1.165) is 5.56 Å². The zero-order valence-electron chi connectivity index (χ0n) is 10.6. The molecule has 0 fully saturated rings. The van der Waals surface area contributed by atoms with E-state index in [1.807, 2.05) is 12.1 Å². The number of hydrogen-bond donors (Lipinski definition) is 2. The first kappa shape index (κ1) is 12.3. The largest absolute Gasteiger partial charge is 0.504 e. The van der Waals surface area contributed by atoms with Gasteiger partial charge in [-0.15, -0.1) is 0 Å². The summed E-state index contributed by atoms with van der Waals surface area (Å²) >= 11 is 0. The van der Waals surface area contributed by atoms with Crippen molar-refractivity contribution in [1.29, 1.82) is 0 Å². The number of ether oxygens (including phenoxy) is 1. The van der Waals surface area contributed by atoms with Gasteiger partial charge in [0.25, 0.3) is 0 Å². The van der Waals surface area contributed by atoms with Crippen LogP contribution < -0.4 is 10.5 Å². The smallest absolute Gasteiger partial charge is 0.222 e. The average Bonchev–Trinajstić information content (AvgIpc) is 2.75. The van der Waals surface area contributed by atoms with Crippen LogP contribution in [0.2, 0.25) is 0 Å². The summed E-state index contributed by atoms with van der Waals surface area (Å²) in [7, 11) is 1.51. The fourth-order valence-corrected chi connectivity index (χ4v) is 1.73. The number of anilines is 1. The number of benzene rings is 1. The molecule has 1 heterocycles. The minimum atomic E-state index is 0.0372. The SMILES string of the molecule is COc1cc(C(C)C)cc(-c2cc(N)on2)c1O. The number of nitrogens with two attached hydrogens (primary N) is 1. The lowest BCUT2D eigenvalue weighted by atomic mass is 9.98. The molecule has 5 heteroatoms. The summed E-state index contributed by atoms with van der Waals surface area (Å²) in [6.07, 6.45) is 0. The van der Waals surface area contributed by atoms with Crippen molar-refractivity contribution in [1.82, 2.24) is 5.16 Å². The maximum Gasteiger partial charge on any atom is 0.222 e. The van der Waals surface area contributed by atoms with Crippen LogP contribution in [0.3, 0.4) is 0 Å². The van der Waals surface area contributed by atoms with Gasteiger partial charge in [-0.2, -0.15) is 0 Å². The number of aromatic hydroxyl groups is 1. The van der Waals surface area contributed by atoms with Crippen molar-refractivity contribution in [3.8, 4) is 22.8 Å². The molecule has 0 bridgehead atoms. The van der Waals surface area contributed by atoms with E-state index < -0.39 is 0 Å². The van der Waals surface area contributed by atoms with Crippen LogP contribution in [0.4, 0.5) is 5.88 Å². The molecule has 1 aromatic carbocycles. The zero-order valence-corrected chi connectivity index (χ0v) is 10.6. The molecule has 0 unspecified atom stereocenters. The van der Waals surface area contributed by atoms with Crippen LogP contribution in [0.25, 0.3) is 11.3 Å². The third-order valence-corrected chi connectivity index (χ3v) is 2.79. The first-order valence-electron chi connectivity index (χ1n) is 5.66. The van der Waals surface area contributed by atoms with Crippen LogP contribution in [0.15, 0.2) is 22.7 Å². The fraction of sp³-hybridized carbons (Fsp3) is 0.308. The molecule has 96 valence electrons. The molecule has 0 aliphatic rings. The maximum absolute atomic E-state index is 10.1. The summed E-state index contributed by atoms with van der Waals surface area (Å²) < 4.78 is 9.99. The average molecular weight is 248 g/mol. The summed E-state index contributed by atoms with van der Waals surface area (Å²) in [5.41, 5.74) is 7.58. The van der Waals surface area contributed by atoms with E-state index >= 15 is 0 Å². The van der Waals surface area contributed by atoms with Gasteiger partial charge >= 0.3 is 0 Å². The molecular formula is C13H16N2O3. The number of nitrogens with zero attached hydrogens (tertiary/aromatic N) is 1. The number of phenolic OH excluding ortho intramolecular Hbond substituents is 1. The molecule has 0 aliphatic heterocycles. The number of hydrogen-bond acceptors (Lipinski definition) is 5. The van der Waals surface area contributed by atoms with E-state index in [1.165, 1.54) is 7.11 Å². The van der Waals surface area contributed by atoms with Gasteiger partial charge in [-0.05, 0) is 23.6 Å². The first-order chi connectivity index (χ1) is 8.52. The number of nitrogen functional groups attached to an aromatic ring is 1. The Labute approximate surface area is 105 Å². The molecule has 0 saturated carbocycles. The third-order valence-electron chi connectivity index (χ3n) is 2.79. The zero-order chi connectivity index (χ0) is 13.3. The van der Waals surface area contributed by atoms with Crippen molar-refractivity contribution in [2.75, 3.05) is 12.8 Å². The standard InChI is InChI=1S/C13H16N2O3/c1-7(2)8-4-9(10-6-12(14)18-15-10)13(16)11(5-8)17-3/h4-7,16H,14H2,1-3H3. The molecule has 0 spiro atoms. The van der Waals surface area contributed by atoms with Crippen LogP contribution in [-0.2, 0) is 0 Å². The molecule has 0 saturated heterocycles. The Kier molecular flexibility index (Phi) is 3.14. The van der Waals surface area contributed by atoms with Gasteiger partial charge in [-0.3, -0.25) is 0 Å². The minimum absolute atomic E-state index is 0.0372. The van der Waals surface area contributed by atoms with Gasteiger partial charge in [0.15, 0.2) is 11.5 Å². The van der Waals surface area contributed by atoms with Gasteiger partial charge in [0, 0.05) is 11.6 Å². The van der Waals surface area contributed by atoms with Crippen molar-refractivity contribution in [2.45, 2.75) is 19.8 Å². The molecule has 0 aliphatic carbocycles. The molecule has 2 rings (SSSR count). The quantitative estimate of drug-likeness (QED) is 0.872. The predicted octanol–water partition coefficient (Wildman–Crippen LogP) is 2.76. The van der Waals surface area contributed by atoms with Crippen molar-refractivity contribution in [3.63, 3.8) is 0 Å². The second kappa shape index (κ2) is 4.60. The van der Waals surface area contributed by atoms with Crippen molar-refractivity contribution in [3.05, 3.63) is 23.8 Å². The van der Waals surface area contributed by atoms with Crippen molar-refractivity contribution in [2.24, 2.45) is 0 Å². The highest BCUT2D eigenvalue weighted by Gasteiger charge is 2.16. The Morgan fingerprint density at radius 2 is 2.06 bits per heavy atom. The van der Waals surface area contributed by atoms with Gasteiger partial charge in [-0.1, -0.05) is 19.0 Å². The Morgan fingerprint density at radius 3 is 2.56 bits per heavy atom. The lowest BCUT2D eigenvalue weighted by Crippen LogP contribution is -1.93. The van der Waals surface area contributed by atoms with Crippen LogP contribution in [0, 0.1) is 0 Å². The maximum atomic E-state index is 10.1. The Bertz CT molecular complexity index is 561. The minimum Gasteiger partial charge on any atom is -0.504 e. The van der Waals surface area contributed by atoms with Crippen LogP contribution in [-0.4, -0.2) is 17.4 Å². The van der Waals surface area contributed by atoms with E-state index in [9.17, 15) is 5.11 Å². The van der Waals surface area contributed by atoms with E-state index in [4.69, 9.17) is 15.0 Å². The highest BCUT2D eigenvalue weighted by Crippen LogP contribution is 2.39. The van der Waals surface area contributed by atoms with Crippen LogP contribution in [0.1, 0.15) is 25.3 Å². The first-order valence-corrected chi connectivity index (χ1v) is 5.66. The van der Waals surface area contributed by atoms with Gasteiger partial charge in [0.1, 0.15) is 5.69 Å². The van der Waals surface area contributed by atoms with E-state index in [-0.39, 0.29) is 11.6 Å². The molecule has 3 N–H and O–H groups in total. The van der Waals surface area contributed by atoms with Gasteiger partial charge < -0.3 is 20.1 Å². The molecule has 0 radical (unpaired) electrons. The topological polar surface area (TPSA) is 81.5 Å². The number of rotatable bonds is 3. The lowest BCUT2D eigenvalue weighted by Gasteiger charge is -2.12. The predicted molar refractivity (Wildman–Crippen MR) is 68.7 cm³/mol. The van der Waals surface area contributed by atoms with Gasteiger partial charge in [0.2, 0.25) is 5.88 Å². The lowest BCUT2D eigenvalue weighted by molar-refractivity contribution is 0.373. The molecule has 0 amide bonds. The number of aromatic nitrogens is 1. The van der Waals surface area contributed by atoms with Crippen molar-refractivity contribution < 1.29 is 14.4 Å². The second-order valence-corrected chi connectivity index (χ2v) is 4.39. The third kappa shape index (κ3) is 2.11. The molecule has 0 atom stereocenters. The molecule has 18 heavy (non-hydrogen) atoms. The summed E-state index contributed by atoms with van der Waals surface area (Å²) in [5, 5.41) is 13.9.